The molecule has 1 rings (SSSR count). The summed E-state index contributed by atoms with van der Waals surface area (Å²) < 4.78 is 0. The molecule has 0 aliphatic carbocycles. The summed E-state index contributed by atoms with van der Waals surface area (Å²) in [4.78, 5) is 13.7. The van der Waals surface area contributed by atoms with Crippen molar-refractivity contribution in [3.8, 4) is 0 Å². The van der Waals surface area contributed by atoms with Gasteiger partial charge in [-0.3, -0.25) is 4.79 Å². The molecule has 18 heavy (non-hydrogen) atoms. The van der Waals surface area contributed by atoms with Crippen LogP contribution in [-0.4, -0.2) is 23.5 Å². The van der Waals surface area contributed by atoms with Crippen LogP contribution in [0.3, 0.4) is 0 Å². The number of thiophene rings is 1. The Hall–Kier alpha value is -1.56. The first-order chi connectivity index (χ1) is 8.27. The van der Waals surface area contributed by atoms with Gasteiger partial charge in [0.1, 0.15) is 5.84 Å². The molecule has 1 amide bonds. The van der Waals surface area contributed by atoms with Crippen molar-refractivity contribution in [1.82, 2.24) is 5.32 Å². The largest absolute Gasteiger partial charge is 0.409 e. The molecule has 100 valence electrons. The van der Waals surface area contributed by atoms with Gasteiger partial charge in [-0.2, -0.15) is 0 Å². The maximum Gasteiger partial charge on any atom is 0.261 e. The minimum atomic E-state index is -0.578. The van der Waals surface area contributed by atoms with Crippen molar-refractivity contribution in [2.24, 2.45) is 16.3 Å². The van der Waals surface area contributed by atoms with E-state index in [1.165, 1.54) is 11.3 Å². The number of carbonyl (C=O) groups excluding carboxylic acids is 1. The molecule has 4 N–H and O–H groups in total. The normalized spacial score (nSPS) is 12.6. The molecule has 6 heteroatoms. The van der Waals surface area contributed by atoms with Crippen LogP contribution in [0.5, 0.6) is 0 Å². The number of rotatable bonds is 4. The highest BCUT2D eigenvalue weighted by molar-refractivity contribution is 7.14. The third-order valence-electron chi connectivity index (χ3n) is 2.88. The molecule has 1 aromatic heterocycles. The summed E-state index contributed by atoms with van der Waals surface area (Å²) in [5.74, 6) is -0.0312. The van der Waals surface area contributed by atoms with Gasteiger partial charge in [-0.05, 0) is 25.5 Å². The van der Waals surface area contributed by atoms with Gasteiger partial charge in [0.15, 0.2) is 0 Å². The van der Waals surface area contributed by atoms with Gasteiger partial charge >= 0.3 is 0 Å². The molecular formula is C12H19N3O2S. The number of amidine groups is 1. The van der Waals surface area contributed by atoms with E-state index >= 15 is 0 Å². The van der Waals surface area contributed by atoms with Gasteiger partial charge in [-0.25, -0.2) is 0 Å². The molecule has 0 unspecified atom stereocenters. The van der Waals surface area contributed by atoms with Crippen LogP contribution in [0.2, 0.25) is 0 Å². The zero-order valence-electron chi connectivity index (χ0n) is 11.1. The fourth-order valence-electron chi connectivity index (χ4n) is 1.30. The molecule has 0 saturated heterocycles. The summed E-state index contributed by atoms with van der Waals surface area (Å²) >= 11 is 1.46. The van der Waals surface area contributed by atoms with E-state index in [2.05, 4.69) is 10.5 Å². The average Bonchev–Trinajstić information content (AvgIpc) is 2.65. The van der Waals surface area contributed by atoms with Crippen molar-refractivity contribution in [3.05, 3.63) is 21.4 Å². The number of nitrogens with two attached hydrogens (primary N) is 1. The van der Waals surface area contributed by atoms with Crippen LogP contribution >= 0.6 is 11.3 Å². The van der Waals surface area contributed by atoms with Gasteiger partial charge in [-0.1, -0.05) is 19.0 Å². The SMILES string of the molecule is Cc1cc(C(=O)NCC(C)(C)/C(N)=N/O)sc1C. The van der Waals surface area contributed by atoms with E-state index in [1.54, 1.807) is 13.8 Å². The fraction of sp³-hybridized carbons (Fsp3) is 0.500. The van der Waals surface area contributed by atoms with Crippen LogP contribution in [0.15, 0.2) is 11.2 Å². The predicted octanol–water partition coefficient (Wildman–Crippen LogP) is 1.87. The number of nitrogens with one attached hydrogen (secondary N) is 1. The van der Waals surface area contributed by atoms with Crippen molar-refractivity contribution in [2.45, 2.75) is 27.7 Å². The Labute approximate surface area is 111 Å². The molecule has 0 bridgehead atoms. The Balaban J connectivity index is 2.67. The zero-order chi connectivity index (χ0) is 13.9. The van der Waals surface area contributed by atoms with E-state index in [-0.39, 0.29) is 11.7 Å². The minimum Gasteiger partial charge on any atom is -0.409 e. The van der Waals surface area contributed by atoms with Crippen molar-refractivity contribution in [2.75, 3.05) is 6.54 Å². The fourth-order valence-corrected chi connectivity index (χ4v) is 2.25. The monoisotopic (exact) mass is 269 g/mol. The third-order valence-corrected chi connectivity index (χ3v) is 4.03. The lowest BCUT2D eigenvalue weighted by Gasteiger charge is -2.22. The first kappa shape index (κ1) is 14.5. The smallest absolute Gasteiger partial charge is 0.261 e. The molecule has 1 aromatic rings. The number of carbonyl (C=O) groups is 1. The summed E-state index contributed by atoms with van der Waals surface area (Å²) in [5.41, 5.74) is 6.09. The second kappa shape index (κ2) is 5.39. The Kier molecular flexibility index (Phi) is 4.34. The quantitative estimate of drug-likeness (QED) is 0.337. The predicted molar refractivity (Wildman–Crippen MR) is 73.3 cm³/mol. The summed E-state index contributed by atoms with van der Waals surface area (Å²) in [6.45, 7) is 7.87. The van der Waals surface area contributed by atoms with Gasteiger partial charge in [0.2, 0.25) is 0 Å². The van der Waals surface area contributed by atoms with Crippen molar-refractivity contribution >= 4 is 23.1 Å². The Morgan fingerprint density at radius 1 is 1.56 bits per heavy atom. The van der Waals surface area contributed by atoms with E-state index in [4.69, 9.17) is 10.9 Å². The molecule has 0 aliphatic heterocycles. The first-order valence-electron chi connectivity index (χ1n) is 5.61. The number of aryl methyl sites for hydroxylation is 2. The maximum absolute atomic E-state index is 11.9. The van der Waals surface area contributed by atoms with Gasteiger partial charge < -0.3 is 16.3 Å². The molecule has 0 fully saturated rings. The van der Waals surface area contributed by atoms with E-state index in [0.29, 0.717) is 11.4 Å². The topological polar surface area (TPSA) is 87.7 Å². The van der Waals surface area contributed by atoms with Gasteiger partial charge in [0.05, 0.1) is 4.88 Å². The highest BCUT2D eigenvalue weighted by atomic mass is 32.1. The standard InChI is InChI=1S/C12H19N3O2S/c1-7-5-9(18-8(7)2)10(16)14-6-12(3,4)11(13)15-17/h5,17H,6H2,1-4H3,(H2,13,15)(H,14,16). The van der Waals surface area contributed by atoms with Gasteiger partial charge in [0.25, 0.3) is 5.91 Å². The second-order valence-corrected chi connectivity index (χ2v) is 6.16. The highest BCUT2D eigenvalue weighted by Gasteiger charge is 2.24. The van der Waals surface area contributed by atoms with Gasteiger partial charge in [-0.15, -0.1) is 11.3 Å². The Bertz CT molecular complexity index is 458. The number of oxime groups is 1. The van der Waals surface area contributed by atoms with E-state index in [0.717, 1.165) is 10.4 Å². The molecule has 5 nitrogen and oxygen atoms in total. The lowest BCUT2D eigenvalue weighted by atomic mass is 9.92. The summed E-state index contributed by atoms with van der Waals surface area (Å²) in [7, 11) is 0. The van der Waals surface area contributed by atoms with Crippen LogP contribution in [0.1, 0.15) is 34.0 Å². The molecule has 0 atom stereocenters. The molecule has 0 saturated carbocycles. The lowest BCUT2D eigenvalue weighted by molar-refractivity contribution is 0.0948. The van der Waals surface area contributed by atoms with Crippen LogP contribution in [0.4, 0.5) is 0 Å². The number of amides is 1. The van der Waals surface area contributed by atoms with Crippen molar-refractivity contribution in [3.63, 3.8) is 0 Å². The average molecular weight is 269 g/mol. The summed E-state index contributed by atoms with van der Waals surface area (Å²) in [5, 5.41) is 14.4. The maximum atomic E-state index is 11.9. The molecule has 0 aliphatic rings. The Morgan fingerprint density at radius 2 is 2.17 bits per heavy atom. The van der Waals surface area contributed by atoms with Crippen LogP contribution in [0, 0.1) is 19.3 Å². The highest BCUT2D eigenvalue weighted by Crippen LogP contribution is 2.21. The third kappa shape index (κ3) is 3.22. The van der Waals surface area contributed by atoms with Crippen LogP contribution in [0.25, 0.3) is 0 Å². The number of hydrogen-bond donors (Lipinski definition) is 3. The summed E-state index contributed by atoms with van der Waals surface area (Å²) in [6, 6.07) is 1.87. The first-order valence-corrected chi connectivity index (χ1v) is 6.43. The molecule has 0 aromatic carbocycles. The molecule has 1 heterocycles. The van der Waals surface area contributed by atoms with Crippen LogP contribution in [-0.2, 0) is 0 Å². The van der Waals surface area contributed by atoms with E-state index in [1.807, 2.05) is 19.9 Å². The molecule has 0 spiro atoms. The second-order valence-electron chi connectivity index (χ2n) is 4.90. The minimum absolute atomic E-state index is 0.0985. The van der Waals surface area contributed by atoms with E-state index < -0.39 is 5.41 Å². The van der Waals surface area contributed by atoms with Crippen molar-refractivity contribution < 1.29 is 10.0 Å². The van der Waals surface area contributed by atoms with Gasteiger partial charge in [0, 0.05) is 16.8 Å². The van der Waals surface area contributed by atoms with Crippen LogP contribution < -0.4 is 11.1 Å². The lowest BCUT2D eigenvalue weighted by Crippen LogP contribution is -2.42. The number of hydrogen-bond acceptors (Lipinski definition) is 4. The summed E-state index contributed by atoms with van der Waals surface area (Å²) in [6.07, 6.45) is 0. The Morgan fingerprint density at radius 3 is 2.61 bits per heavy atom. The van der Waals surface area contributed by atoms with E-state index in [9.17, 15) is 4.79 Å². The molecule has 0 radical (unpaired) electrons. The number of nitrogens with zero attached hydrogens (tertiary/aromatic N) is 1. The molecular weight excluding hydrogens is 250 g/mol. The van der Waals surface area contributed by atoms with Crippen molar-refractivity contribution in [1.29, 1.82) is 0 Å². The zero-order valence-corrected chi connectivity index (χ0v) is 11.9.